The molecule has 11 nitrogen and oxygen atoms in total. The Balaban J connectivity index is 0.000000508. The predicted molar refractivity (Wildman–Crippen MR) is 86.9 cm³/mol. The molecule has 0 bridgehead atoms. The van der Waals surface area contributed by atoms with Crippen LogP contribution in [0, 0.1) is 0 Å². The smallest absolute Gasteiger partial charge is 0.151 e. The van der Waals surface area contributed by atoms with Crippen molar-refractivity contribution < 1.29 is 46.7 Å². The van der Waals surface area contributed by atoms with E-state index in [0.29, 0.717) is 0 Å². The molecule has 0 saturated carbocycles. The Hall–Kier alpha value is -1.56. The minimum atomic E-state index is -4.55. The zero-order valence-electron chi connectivity index (χ0n) is 14.0. The molecule has 0 aliphatic rings. The van der Waals surface area contributed by atoms with Gasteiger partial charge in [-0.3, -0.25) is 0 Å². The molecule has 0 radical (unpaired) electrons. The number of benzene rings is 1. The van der Waals surface area contributed by atoms with Crippen molar-refractivity contribution in [1.82, 2.24) is 5.48 Å². The van der Waals surface area contributed by atoms with E-state index in [2.05, 4.69) is 7.70 Å². The molecule has 148 valence electrons. The molecule has 5 atom stereocenters. The summed E-state index contributed by atoms with van der Waals surface area (Å²) < 4.78 is 20.5. The molecule has 26 heavy (non-hydrogen) atoms. The second-order valence-corrected chi connectivity index (χ2v) is 8.91. The van der Waals surface area contributed by atoms with Gasteiger partial charge in [0.15, 0.2) is 6.29 Å². The molecule has 0 spiro atoms. The van der Waals surface area contributed by atoms with Gasteiger partial charge in [0.25, 0.3) is 0 Å². The number of nitrogens with one attached hydrogen (secondary N) is 1. The van der Waals surface area contributed by atoms with E-state index < -0.39 is 44.5 Å². The van der Waals surface area contributed by atoms with Crippen molar-refractivity contribution in [3.8, 4) is 0 Å². The Bertz CT molecular complexity index is 597. The Morgan fingerprint density at radius 1 is 1.15 bits per heavy atom. The van der Waals surface area contributed by atoms with Crippen LogP contribution in [0.25, 0.3) is 0 Å². The summed E-state index contributed by atoms with van der Waals surface area (Å²) in [4.78, 5) is 20.4. The molecule has 0 aliphatic carbocycles. The molecule has 0 fully saturated rings. The molecule has 0 heterocycles. The van der Waals surface area contributed by atoms with Crippen molar-refractivity contribution in [2.75, 3.05) is 0 Å². The zero-order valence-corrected chi connectivity index (χ0v) is 15.9. The van der Waals surface area contributed by atoms with Crippen molar-refractivity contribution in [3.63, 3.8) is 0 Å². The van der Waals surface area contributed by atoms with Gasteiger partial charge in [0, 0.05) is 0 Å². The van der Waals surface area contributed by atoms with Gasteiger partial charge in [-0.15, -0.1) is 0 Å². The van der Waals surface area contributed by atoms with Gasteiger partial charge in [0.05, 0.1) is 6.10 Å². The Kier molecular flexibility index (Phi) is 11.2. The molecule has 1 aromatic carbocycles. The topological polar surface area (TPSA) is 183 Å². The van der Waals surface area contributed by atoms with Gasteiger partial charge in [-0.05, 0) is 6.92 Å². The molecule has 1 rings (SSSR count). The Morgan fingerprint density at radius 3 is 2.08 bits per heavy atom. The van der Waals surface area contributed by atoms with Crippen LogP contribution in [0.3, 0.4) is 0 Å². The molecular weight excluding hydrogens is 417 g/mol. The van der Waals surface area contributed by atoms with Gasteiger partial charge in [0.1, 0.15) is 18.3 Å². The van der Waals surface area contributed by atoms with Gasteiger partial charge in [0.2, 0.25) is 0 Å². The van der Waals surface area contributed by atoms with Crippen LogP contribution in [-0.2, 0) is 21.0 Å². The summed E-state index contributed by atoms with van der Waals surface area (Å²) in [6.45, 7) is 2.42. The number of aliphatic hydroxyl groups is 4. The van der Waals surface area contributed by atoms with Gasteiger partial charge >= 0.3 is 88.7 Å². The molecule has 12 heteroatoms. The summed E-state index contributed by atoms with van der Waals surface area (Å²) in [5.74, 6) is -0.537. The largest absolute Gasteiger partial charge is 0.391 e. The minimum absolute atomic E-state index is 0.0935. The number of aldehydes is 1. The van der Waals surface area contributed by atoms with E-state index in [1.807, 2.05) is 5.48 Å². The first-order valence-corrected chi connectivity index (χ1v) is 10.4. The van der Waals surface area contributed by atoms with Crippen molar-refractivity contribution >= 4 is 30.7 Å². The van der Waals surface area contributed by atoms with Crippen molar-refractivity contribution in [2.24, 2.45) is 0 Å². The summed E-state index contributed by atoms with van der Waals surface area (Å²) in [5.41, 5.74) is 1.88. The quantitative estimate of drug-likeness (QED) is 0.109. The van der Waals surface area contributed by atoms with Gasteiger partial charge < -0.3 is 25.2 Å². The fraction of sp³-hybridized carbons (Fsp3) is 0.429. The van der Waals surface area contributed by atoms with Gasteiger partial charge in [-0.2, -0.15) is 0 Å². The van der Waals surface area contributed by atoms with E-state index in [4.69, 9.17) is 25.7 Å². The molecule has 5 unspecified atom stereocenters. The number of hydrogen-bond donors (Lipinski definition) is 6. The summed E-state index contributed by atoms with van der Waals surface area (Å²) in [7, 11) is 0. The molecule has 0 aliphatic heterocycles. The van der Waals surface area contributed by atoms with E-state index in [0.717, 1.165) is 0 Å². The summed E-state index contributed by atoms with van der Waals surface area (Å²) >= 11 is -4.55. The molecule has 1 amide bonds. The third kappa shape index (κ3) is 8.21. The standard InChI is InChI=1S/C8H10AsNO5.C6H12O5/c1-7(11)10-14-9(12,15-13)8-5-3-2-4-6-8;1-3(8)5(10)6(11)4(9)2-7/h2-6,13H,1H3,(H,10,11);2-6,8-11H,1H3. The van der Waals surface area contributed by atoms with E-state index >= 15 is 0 Å². The first kappa shape index (κ1) is 24.4. The zero-order chi connectivity index (χ0) is 20.3. The summed E-state index contributed by atoms with van der Waals surface area (Å²) in [6.07, 6.45) is -5.88. The third-order valence-corrected chi connectivity index (χ3v) is 5.92. The molecule has 0 aromatic heterocycles. The van der Waals surface area contributed by atoms with E-state index in [9.17, 15) is 13.3 Å². The number of amides is 1. The third-order valence-electron chi connectivity index (χ3n) is 2.82. The molecular formula is C14H22AsNO10. The van der Waals surface area contributed by atoms with Crippen LogP contribution in [0.15, 0.2) is 30.3 Å². The van der Waals surface area contributed by atoms with Gasteiger partial charge in [-0.25, -0.2) is 0 Å². The van der Waals surface area contributed by atoms with Crippen molar-refractivity contribution in [1.29, 1.82) is 0 Å². The van der Waals surface area contributed by atoms with Crippen molar-refractivity contribution in [2.45, 2.75) is 38.3 Å². The number of aliphatic hydroxyl groups excluding tert-OH is 4. The second kappa shape index (κ2) is 11.9. The number of rotatable bonds is 8. The van der Waals surface area contributed by atoms with Crippen LogP contribution in [0.2, 0.25) is 0 Å². The fourth-order valence-electron chi connectivity index (χ4n) is 1.42. The van der Waals surface area contributed by atoms with E-state index in [1.165, 1.54) is 26.0 Å². The second-order valence-electron chi connectivity index (χ2n) is 5.01. The van der Waals surface area contributed by atoms with Crippen molar-refractivity contribution in [3.05, 3.63) is 30.3 Å². The SMILES string of the molecule is CC(=O)NO[As](=O)(OO)c1ccccc1.CC(O)C(O)C(O)C(O)C=O. The maximum Gasteiger partial charge on any atom is 0.151 e. The number of hydroxylamine groups is 1. The Morgan fingerprint density at radius 2 is 1.69 bits per heavy atom. The Labute approximate surface area is 152 Å². The van der Waals surface area contributed by atoms with Crippen LogP contribution < -0.4 is 9.83 Å². The predicted octanol–water partition coefficient (Wildman–Crippen LogP) is -2.53. The summed E-state index contributed by atoms with van der Waals surface area (Å²) in [6, 6.07) is 7.87. The van der Waals surface area contributed by atoms with E-state index in [-0.39, 0.29) is 10.6 Å². The van der Waals surface area contributed by atoms with Crippen LogP contribution in [0.4, 0.5) is 0 Å². The van der Waals surface area contributed by atoms with E-state index in [1.54, 1.807) is 18.2 Å². The van der Waals surface area contributed by atoms with Crippen LogP contribution >= 0.6 is 0 Å². The maximum atomic E-state index is 11.8. The van der Waals surface area contributed by atoms with Gasteiger partial charge in [-0.1, -0.05) is 0 Å². The van der Waals surface area contributed by atoms with Crippen LogP contribution in [0.5, 0.6) is 0 Å². The fourth-order valence-corrected chi connectivity index (χ4v) is 3.56. The molecule has 0 saturated heterocycles. The van der Waals surface area contributed by atoms with Crippen LogP contribution in [-0.4, -0.2) is 76.5 Å². The average Bonchev–Trinajstić information content (AvgIpc) is 2.65. The first-order chi connectivity index (χ1) is 12.1. The average molecular weight is 439 g/mol. The molecule has 1 aromatic rings. The normalized spacial score (nSPS) is 17.5. The first-order valence-electron chi connectivity index (χ1n) is 7.20. The maximum absolute atomic E-state index is 11.8. The molecule has 6 N–H and O–H groups in total. The number of carbonyl (C=O) groups is 2. The number of hydrogen-bond acceptors (Lipinski definition) is 10. The number of carbonyl (C=O) groups excluding carboxylic acids is 2. The minimum Gasteiger partial charge on any atom is -0.391 e. The monoisotopic (exact) mass is 439 g/mol. The van der Waals surface area contributed by atoms with Crippen LogP contribution in [0.1, 0.15) is 13.8 Å². The summed E-state index contributed by atoms with van der Waals surface area (Å²) in [5, 5.41) is 43.6.